The molecule has 0 atom stereocenters. The summed E-state index contributed by atoms with van der Waals surface area (Å²) in [6.07, 6.45) is 6.33. The Bertz CT molecular complexity index is 1120. The molecule has 0 radical (unpaired) electrons. The van der Waals surface area contributed by atoms with Crippen LogP contribution in [0.4, 0.5) is 8.78 Å². The lowest BCUT2D eigenvalue weighted by Gasteiger charge is -2.29. The van der Waals surface area contributed by atoms with Crippen molar-refractivity contribution in [2.75, 3.05) is 7.11 Å². The third-order valence-corrected chi connectivity index (χ3v) is 6.39. The van der Waals surface area contributed by atoms with Gasteiger partial charge in [0.1, 0.15) is 5.75 Å². The van der Waals surface area contributed by atoms with Gasteiger partial charge in [0, 0.05) is 52.6 Å². The summed E-state index contributed by atoms with van der Waals surface area (Å²) in [6.45, 7) is 0. The molecule has 4 rings (SSSR count). The first-order valence-corrected chi connectivity index (χ1v) is 11.4. The number of alkyl halides is 3. The van der Waals surface area contributed by atoms with Crippen LogP contribution in [-0.2, 0) is 19.9 Å². The first-order chi connectivity index (χ1) is 15.3. The minimum atomic E-state index is -3.11. The van der Waals surface area contributed by atoms with E-state index in [2.05, 4.69) is 5.10 Å². The average molecular weight is 556 g/mol. The van der Waals surface area contributed by atoms with E-state index in [1.54, 1.807) is 42.1 Å². The van der Waals surface area contributed by atoms with Crippen molar-refractivity contribution in [2.24, 2.45) is 0 Å². The number of aliphatic carboxylic acids is 1. The van der Waals surface area contributed by atoms with Crippen LogP contribution in [0.25, 0.3) is 16.6 Å². The summed E-state index contributed by atoms with van der Waals surface area (Å²) in [5, 5.41) is 13.3. The van der Waals surface area contributed by atoms with Crippen LogP contribution >= 0.6 is 22.6 Å². The van der Waals surface area contributed by atoms with Crippen LogP contribution in [0.2, 0.25) is 0 Å². The highest BCUT2D eigenvalue weighted by Crippen LogP contribution is 2.45. The quantitative estimate of drug-likeness (QED) is 0.310. The second-order valence-electron chi connectivity index (χ2n) is 7.91. The Labute approximate surface area is 197 Å². The molecule has 170 valence electrons. The van der Waals surface area contributed by atoms with Crippen molar-refractivity contribution >= 4 is 34.1 Å². The Morgan fingerprint density at radius 3 is 2.62 bits per heavy atom. The minimum Gasteiger partial charge on any atom is -0.490 e. The van der Waals surface area contributed by atoms with Gasteiger partial charge in [0.15, 0.2) is 0 Å². The lowest BCUT2D eigenvalue weighted by molar-refractivity contribution is -0.136. The molecule has 1 aliphatic carbocycles. The van der Waals surface area contributed by atoms with Crippen LogP contribution in [0.15, 0.2) is 42.7 Å². The van der Waals surface area contributed by atoms with E-state index in [1.165, 1.54) is 12.3 Å². The zero-order valence-corrected chi connectivity index (χ0v) is 19.6. The monoisotopic (exact) mass is 556 g/mol. The predicted molar refractivity (Wildman–Crippen MR) is 124 cm³/mol. The molecule has 1 aromatic carbocycles. The van der Waals surface area contributed by atoms with Gasteiger partial charge in [-0.3, -0.25) is 4.79 Å². The van der Waals surface area contributed by atoms with Crippen molar-refractivity contribution in [3.63, 3.8) is 0 Å². The molecule has 2 aromatic heterocycles. The van der Waals surface area contributed by atoms with Crippen LogP contribution in [0.3, 0.4) is 0 Å². The summed E-state index contributed by atoms with van der Waals surface area (Å²) in [6, 6.07) is 8.08. The first-order valence-electron chi connectivity index (χ1n) is 10.3. The number of carboxylic acid groups (broad SMARTS) is 1. The molecule has 32 heavy (non-hydrogen) atoms. The van der Waals surface area contributed by atoms with Gasteiger partial charge in [-0.05, 0) is 49.4 Å². The highest BCUT2D eigenvalue weighted by molar-refractivity contribution is 14.1. The van der Waals surface area contributed by atoms with E-state index >= 15 is 0 Å². The number of carbonyl (C=O) groups is 1. The molecular formula is C23H23F2IN2O4. The number of hydrogen-bond acceptors (Lipinski definition) is 4. The normalized spacial score (nSPS) is 19.2. The Hall–Kier alpha value is -2.27. The SMILES string of the molecule is COC1CCC(Oc2cccc(C(F)(F)I)c2-c2ccn3ncc(CC(=O)O)c3c2)CC1. The Morgan fingerprint density at radius 1 is 1.25 bits per heavy atom. The molecule has 1 aliphatic rings. The van der Waals surface area contributed by atoms with Gasteiger partial charge in [0.2, 0.25) is 0 Å². The van der Waals surface area contributed by atoms with E-state index in [1.807, 2.05) is 0 Å². The molecule has 1 N–H and O–H groups in total. The Morgan fingerprint density at radius 2 is 1.97 bits per heavy atom. The highest BCUT2D eigenvalue weighted by atomic mass is 127. The third kappa shape index (κ3) is 4.88. The van der Waals surface area contributed by atoms with Gasteiger partial charge in [-0.2, -0.15) is 13.9 Å². The maximum Gasteiger partial charge on any atom is 0.322 e. The Kier molecular flexibility index (Phi) is 6.66. The molecule has 3 aromatic rings. The largest absolute Gasteiger partial charge is 0.490 e. The second kappa shape index (κ2) is 9.30. The van der Waals surface area contributed by atoms with Crippen molar-refractivity contribution in [1.29, 1.82) is 0 Å². The lowest BCUT2D eigenvalue weighted by Crippen LogP contribution is -2.28. The molecule has 0 unspecified atom stereocenters. The van der Waals surface area contributed by atoms with Crippen molar-refractivity contribution in [3.05, 3.63) is 53.9 Å². The third-order valence-electron chi connectivity index (χ3n) is 5.81. The Balaban J connectivity index is 1.77. The van der Waals surface area contributed by atoms with Gasteiger partial charge in [0.25, 0.3) is 0 Å². The standard InChI is InChI=1S/C23H23F2IN2O4/c1-31-16-5-7-17(8-6-16)32-20-4-2-3-18(23(24,25)26)22(20)14-9-10-28-19(11-14)15(13-27-28)12-21(29)30/h2-4,9-11,13,16-17H,5-8,12H2,1H3,(H,29,30). The zero-order valence-electron chi connectivity index (χ0n) is 17.4. The van der Waals surface area contributed by atoms with Crippen LogP contribution < -0.4 is 4.74 Å². The molecule has 1 fully saturated rings. The molecule has 0 aliphatic heterocycles. The fraction of sp³-hybridized carbons (Fsp3) is 0.391. The number of carboxylic acids is 1. The lowest BCUT2D eigenvalue weighted by atomic mass is 9.94. The summed E-state index contributed by atoms with van der Waals surface area (Å²) in [7, 11) is 1.70. The number of aromatic nitrogens is 2. The predicted octanol–water partition coefficient (Wildman–Crippen LogP) is 5.45. The fourth-order valence-electron chi connectivity index (χ4n) is 4.21. The number of halogens is 3. The van der Waals surface area contributed by atoms with Gasteiger partial charge in [-0.15, -0.1) is 0 Å². The number of benzene rings is 1. The molecule has 0 bridgehead atoms. The van der Waals surface area contributed by atoms with Crippen molar-refractivity contribution < 1.29 is 28.2 Å². The molecule has 9 heteroatoms. The average Bonchev–Trinajstić information content (AvgIpc) is 3.15. The van der Waals surface area contributed by atoms with E-state index in [4.69, 9.17) is 9.47 Å². The number of pyridine rings is 1. The molecule has 0 amide bonds. The van der Waals surface area contributed by atoms with Gasteiger partial charge < -0.3 is 14.6 Å². The summed E-state index contributed by atoms with van der Waals surface area (Å²) in [5.74, 6) is -0.594. The summed E-state index contributed by atoms with van der Waals surface area (Å²) >= 11 is 1.13. The topological polar surface area (TPSA) is 73.1 Å². The minimum absolute atomic E-state index is 0.0838. The van der Waals surface area contributed by atoms with Crippen molar-refractivity contribution in [2.45, 2.75) is 48.2 Å². The van der Waals surface area contributed by atoms with E-state index in [0.29, 0.717) is 28.0 Å². The van der Waals surface area contributed by atoms with Gasteiger partial charge >= 0.3 is 9.90 Å². The van der Waals surface area contributed by atoms with Crippen molar-refractivity contribution in [1.82, 2.24) is 9.61 Å². The van der Waals surface area contributed by atoms with Crippen LogP contribution in [0, 0.1) is 0 Å². The summed E-state index contributed by atoms with van der Waals surface area (Å²) in [5.41, 5.74) is 1.76. The second-order valence-corrected chi connectivity index (χ2v) is 9.27. The maximum absolute atomic E-state index is 14.6. The zero-order chi connectivity index (χ0) is 22.9. The number of rotatable bonds is 7. The van der Waals surface area contributed by atoms with Crippen LogP contribution in [0.1, 0.15) is 36.8 Å². The molecular weight excluding hydrogens is 533 g/mol. The van der Waals surface area contributed by atoms with Gasteiger partial charge in [-0.1, -0.05) is 12.1 Å². The van der Waals surface area contributed by atoms with Gasteiger partial charge in [0.05, 0.1) is 30.3 Å². The smallest absolute Gasteiger partial charge is 0.322 e. The summed E-state index contributed by atoms with van der Waals surface area (Å²) < 4.78 is 39.2. The molecule has 0 spiro atoms. The number of fused-ring (bicyclic) bond motifs is 1. The molecule has 2 heterocycles. The number of hydrogen-bond donors (Lipinski definition) is 1. The van der Waals surface area contributed by atoms with E-state index in [9.17, 15) is 18.7 Å². The van der Waals surface area contributed by atoms with E-state index in [0.717, 1.165) is 48.3 Å². The van der Waals surface area contributed by atoms with Crippen LogP contribution in [-0.4, -0.2) is 40.0 Å². The van der Waals surface area contributed by atoms with E-state index < -0.39 is 9.90 Å². The highest BCUT2D eigenvalue weighted by Gasteiger charge is 2.33. The van der Waals surface area contributed by atoms with Gasteiger partial charge in [-0.25, -0.2) is 4.52 Å². The maximum atomic E-state index is 14.6. The van der Waals surface area contributed by atoms with Crippen molar-refractivity contribution in [3.8, 4) is 16.9 Å². The first kappa shape index (κ1) is 22.9. The summed E-state index contributed by atoms with van der Waals surface area (Å²) in [4.78, 5) is 11.2. The van der Waals surface area contributed by atoms with Crippen LogP contribution in [0.5, 0.6) is 5.75 Å². The number of ether oxygens (including phenoxy) is 2. The number of nitrogens with zero attached hydrogens (tertiary/aromatic N) is 2. The van der Waals surface area contributed by atoms with E-state index in [-0.39, 0.29) is 24.2 Å². The number of methoxy groups -OCH3 is 1. The molecule has 1 saturated carbocycles. The molecule has 0 saturated heterocycles. The fourth-order valence-corrected chi connectivity index (χ4v) is 4.66. The molecule has 6 nitrogen and oxygen atoms in total.